The van der Waals surface area contributed by atoms with Crippen molar-refractivity contribution in [1.29, 1.82) is 0 Å². The number of esters is 1. The normalized spacial score (nSPS) is 10.9. The quantitative estimate of drug-likeness (QED) is 0.449. The first kappa shape index (κ1) is 21.7. The summed E-state index contributed by atoms with van der Waals surface area (Å²) in [6, 6.07) is 12.9. The summed E-state index contributed by atoms with van der Waals surface area (Å²) in [5, 5.41) is 11.1. The van der Waals surface area contributed by atoms with Crippen molar-refractivity contribution in [3.05, 3.63) is 59.7 Å². The molecule has 1 atom stereocenters. The maximum atomic E-state index is 12.7. The number of ether oxygens (including phenoxy) is 1. The molecule has 0 aliphatic carbocycles. The van der Waals surface area contributed by atoms with Gasteiger partial charge in [-0.15, -0.1) is 0 Å². The first-order valence-electron chi connectivity index (χ1n) is 8.79. The molecule has 7 nitrogen and oxygen atoms in total. The molecule has 0 heterocycles. The molecule has 1 unspecified atom stereocenters. The molecule has 0 saturated carbocycles. The molecule has 7 heteroatoms. The fourth-order valence-corrected chi connectivity index (χ4v) is 2.70. The number of hydrogen-bond acceptors (Lipinski definition) is 5. The van der Waals surface area contributed by atoms with Crippen molar-refractivity contribution >= 4 is 17.8 Å². The number of likely N-dealkylation sites (N-methyl/N-ethyl adjacent to an activating group) is 2. The van der Waals surface area contributed by atoms with Crippen molar-refractivity contribution in [1.82, 2.24) is 10.2 Å². The lowest BCUT2D eigenvalue weighted by Gasteiger charge is -2.24. The fraction of sp³-hybridized carbons (Fsp3) is 0.227. The summed E-state index contributed by atoms with van der Waals surface area (Å²) in [4.78, 5) is 37.7. The van der Waals surface area contributed by atoms with E-state index in [0.29, 0.717) is 5.56 Å². The van der Waals surface area contributed by atoms with E-state index in [1.54, 1.807) is 24.3 Å². The fourth-order valence-electron chi connectivity index (χ4n) is 2.70. The van der Waals surface area contributed by atoms with Gasteiger partial charge in [0.1, 0.15) is 6.61 Å². The monoisotopic (exact) mass is 394 g/mol. The van der Waals surface area contributed by atoms with Crippen molar-refractivity contribution in [2.45, 2.75) is 6.04 Å². The van der Waals surface area contributed by atoms with E-state index in [1.807, 2.05) is 24.3 Å². The number of methoxy groups -OCH3 is 1. The van der Waals surface area contributed by atoms with Crippen LogP contribution in [0.3, 0.4) is 0 Å². The van der Waals surface area contributed by atoms with Gasteiger partial charge in [0.05, 0.1) is 7.11 Å². The van der Waals surface area contributed by atoms with Gasteiger partial charge in [-0.1, -0.05) is 36.1 Å². The zero-order valence-corrected chi connectivity index (χ0v) is 16.4. The highest BCUT2D eigenvalue weighted by Gasteiger charge is 2.34. The van der Waals surface area contributed by atoms with Gasteiger partial charge >= 0.3 is 5.97 Å². The van der Waals surface area contributed by atoms with Crippen molar-refractivity contribution < 1.29 is 24.2 Å². The second-order valence-corrected chi connectivity index (χ2v) is 6.07. The zero-order chi connectivity index (χ0) is 21.4. The number of carbonyl (C=O) groups excluding carboxylic acids is 3. The molecular formula is C22H22N2O5. The molecule has 0 bridgehead atoms. The second-order valence-electron chi connectivity index (χ2n) is 6.07. The summed E-state index contributed by atoms with van der Waals surface area (Å²) in [5.74, 6) is 3.49. The van der Waals surface area contributed by atoms with Crippen LogP contribution in [0.4, 0.5) is 0 Å². The van der Waals surface area contributed by atoms with Crippen molar-refractivity contribution in [3.8, 4) is 23.0 Å². The third-order valence-electron chi connectivity index (χ3n) is 4.29. The summed E-state index contributed by atoms with van der Waals surface area (Å²) in [6.07, 6.45) is 0. The minimum atomic E-state index is -1.37. The van der Waals surface area contributed by atoms with E-state index in [9.17, 15) is 14.4 Å². The molecule has 2 aromatic carbocycles. The SMILES string of the molecule is CNC(=O)C(C(=O)OC)N(C)C(=O)c1ccc(-c2ccc(C#CCO)cc2)cc1. The van der Waals surface area contributed by atoms with Gasteiger partial charge in [-0.2, -0.15) is 0 Å². The van der Waals surface area contributed by atoms with Crippen molar-refractivity contribution in [3.63, 3.8) is 0 Å². The molecule has 2 aromatic rings. The van der Waals surface area contributed by atoms with Crippen LogP contribution in [0.1, 0.15) is 15.9 Å². The highest BCUT2D eigenvalue weighted by molar-refractivity contribution is 6.07. The number of nitrogens with one attached hydrogen (secondary N) is 1. The summed E-state index contributed by atoms with van der Waals surface area (Å²) in [6.45, 7) is -0.192. The minimum absolute atomic E-state index is 0.192. The highest BCUT2D eigenvalue weighted by atomic mass is 16.5. The number of aliphatic hydroxyl groups is 1. The Kier molecular flexibility index (Phi) is 7.52. The molecule has 2 amide bonds. The lowest BCUT2D eigenvalue weighted by atomic mass is 10.0. The summed E-state index contributed by atoms with van der Waals surface area (Å²) >= 11 is 0. The number of aliphatic hydroxyl groups excluding tert-OH is 1. The van der Waals surface area contributed by atoms with Crippen LogP contribution in [-0.2, 0) is 14.3 Å². The van der Waals surface area contributed by atoms with Crippen LogP contribution in [0.15, 0.2) is 48.5 Å². The lowest BCUT2D eigenvalue weighted by Crippen LogP contribution is -2.51. The largest absolute Gasteiger partial charge is 0.467 e. The Morgan fingerprint density at radius 2 is 1.62 bits per heavy atom. The van der Waals surface area contributed by atoms with E-state index in [4.69, 9.17) is 5.11 Å². The Morgan fingerprint density at radius 3 is 2.10 bits per heavy atom. The average molecular weight is 394 g/mol. The van der Waals surface area contributed by atoms with Gasteiger partial charge in [0, 0.05) is 25.2 Å². The lowest BCUT2D eigenvalue weighted by molar-refractivity contribution is -0.150. The Hall–Kier alpha value is -3.63. The predicted molar refractivity (Wildman–Crippen MR) is 108 cm³/mol. The van der Waals surface area contributed by atoms with E-state index in [0.717, 1.165) is 28.7 Å². The Balaban J connectivity index is 2.21. The number of hydrogen-bond donors (Lipinski definition) is 2. The third kappa shape index (κ3) is 5.21. The number of benzene rings is 2. The van der Waals surface area contributed by atoms with E-state index in [2.05, 4.69) is 21.9 Å². The molecular weight excluding hydrogens is 372 g/mol. The molecule has 0 saturated heterocycles. The molecule has 0 fully saturated rings. The highest BCUT2D eigenvalue weighted by Crippen LogP contribution is 2.21. The molecule has 2 N–H and O–H groups in total. The van der Waals surface area contributed by atoms with Gasteiger partial charge in [-0.25, -0.2) is 4.79 Å². The maximum absolute atomic E-state index is 12.7. The maximum Gasteiger partial charge on any atom is 0.338 e. The molecule has 0 aliphatic rings. The molecule has 0 spiro atoms. The smallest absolute Gasteiger partial charge is 0.338 e. The van der Waals surface area contributed by atoms with Crippen LogP contribution in [0.25, 0.3) is 11.1 Å². The van der Waals surface area contributed by atoms with Crippen LogP contribution < -0.4 is 5.32 Å². The van der Waals surface area contributed by atoms with Gasteiger partial charge in [-0.3, -0.25) is 9.59 Å². The van der Waals surface area contributed by atoms with Gasteiger partial charge < -0.3 is 20.1 Å². The molecule has 0 radical (unpaired) electrons. The van der Waals surface area contributed by atoms with E-state index < -0.39 is 23.8 Å². The minimum Gasteiger partial charge on any atom is -0.467 e. The van der Waals surface area contributed by atoms with Crippen LogP contribution in [-0.4, -0.2) is 61.6 Å². The Bertz CT molecular complexity index is 924. The topological polar surface area (TPSA) is 95.9 Å². The second kappa shape index (κ2) is 10.1. The van der Waals surface area contributed by atoms with Crippen LogP contribution >= 0.6 is 0 Å². The first-order valence-corrected chi connectivity index (χ1v) is 8.79. The zero-order valence-electron chi connectivity index (χ0n) is 16.4. The van der Waals surface area contributed by atoms with Gasteiger partial charge in [0.2, 0.25) is 6.04 Å². The van der Waals surface area contributed by atoms with E-state index in [1.165, 1.54) is 14.1 Å². The van der Waals surface area contributed by atoms with Crippen LogP contribution in [0, 0.1) is 11.8 Å². The van der Waals surface area contributed by atoms with E-state index >= 15 is 0 Å². The van der Waals surface area contributed by atoms with Gasteiger partial charge in [-0.05, 0) is 35.4 Å². The van der Waals surface area contributed by atoms with Crippen molar-refractivity contribution in [2.75, 3.05) is 27.8 Å². The molecule has 29 heavy (non-hydrogen) atoms. The third-order valence-corrected chi connectivity index (χ3v) is 4.29. The van der Waals surface area contributed by atoms with E-state index in [-0.39, 0.29) is 6.61 Å². The number of carbonyl (C=O) groups is 3. The van der Waals surface area contributed by atoms with Crippen LogP contribution in [0.2, 0.25) is 0 Å². The molecule has 150 valence electrons. The van der Waals surface area contributed by atoms with Gasteiger partial charge in [0.25, 0.3) is 11.8 Å². The molecule has 0 aliphatic heterocycles. The van der Waals surface area contributed by atoms with Gasteiger partial charge in [0.15, 0.2) is 0 Å². The molecule has 0 aromatic heterocycles. The predicted octanol–water partition coefficient (Wildman–Crippen LogP) is 1.06. The Labute approximate surface area is 169 Å². The van der Waals surface area contributed by atoms with Crippen molar-refractivity contribution in [2.24, 2.45) is 0 Å². The number of rotatable bonds is 5. The number of nitrogens with zero attached hydrogens (tertiary/aromatic N) is 1. The summed E-state index contributed by atoms with van der Waals surface area (Å²) in [5.41, 5.74) is 2.95. The summed E-state index contributed by atoms with van der Waals surface area (Å²) in [7, 11) is 3.91. The summed E-state index contributed by atoms with van der Waals surface area (Å²) < 4.78 is 4.64. The standard InChI is InChI=1S/C22H22N2O5/c1-23-20(26)19(22(28)29-3)24(2)21(27)18-12-10-17(11-13-18)16-8-6-15(7-9-16)5-4-14-25/h6-13,19,25H,14H2,1-3H3,(H,23,26). The number of amides is 2. The Morgan fingerprint density at radius 1 is 1.07 bits per heavy atom. The first-order chi connectivity index (χ1) is 13.9. The average Bonchev–Trinajstić information content (AvgIpc) is 2.77. The van der Waals surface area contributed by atoms with Crippen LogP contribution in [0.5, 0.6) is 0 Å². The molecule has 2 rings (SSSR count).